The lowest BCUT2D eigenvalue weighted by atomic mass is 9.63. The summed E-state index contributed by atoms with van der Waals surface area (Å²) in [5, 5.41) is 4.02. The average Bonchev–Trinajstić information content (AvgIpc) is 2.45. The van der Waals surface area contributed by atoms with E-state index in [1.54, 1.807) is 0 Å². The standard InChI is InChI=1S/C17H21N3O/c1-10-8-12(11-6-4-5-7-13(11)19-10)16(21)20-15-9-14(18)17(15,2)3/h4-8,14-15H,9,18H2,1-3H3,(H,20,21). The summed E-state index contributed by atoms with van der Waals surface area (Å²) in [5.74, 6) is -0.0401. The van der Waals surface area contributed by atoms with Gasteiger partial charge in [0.25, 0.3) is 5.91 Å². The van der Waals surface area contributed by atoms with Crippen molar-refractivity contribution in [1.29, 1.82) is 0 Å². The fraction of sp³-hybridized carbons (Fsp3) is 0.412. The molecule has 1 aliphatic carbocycles. The molecule has 1 heterocycles. The predicted octanol–water partition coefficient (Wildman–Crippen LogP) is 2.40. The van der Waals surface area contributed by atoms with E-state index in [1.165, 1.54) is 0 Å². The number of carbonyl (C=O) groups is 1. The van der Waals surface area contributed by atoms with E-state index in [9.17, 15) is 4.79 Å². The minimum absolute atomic E-state index is 0.0401. The van der Waals surface area contributed by atoms with Gasteiger partial charge < -0.3 is 11.1 Å². The molecule has 1 aromatic carbocycles. The molecule has 0 aliphatic heterocycles. The highest BCUT2D eigenvalue weighted by Crippen LogP contribution is 2.39. The van der Waals surface area contributed by atoms with Crippen molar-refractivity contribution in [2.24, 2.45) is 11.1 Å². The molecular formula is C17H21N3O. The molecule has 3 N–H and O–H groups in total. The molecule has 0 spiro atoms. The molecule has 3 rings (SSSR count). The fourth-order valence-corrected chi connectivity index (χ4v) is 2.94. The lowest BCUT2D eigenvalue weighted by molar-refractivity contribution is 0.0587. The molecule has 0 radical (unpaired) electrons. The first-order valence-corrected chi connectivity index (χ1v) is 7.32. The Morgan fingerprint density at radius 3 is 2.76 bits per heavy atom. The first-order chi connectivity index (χ1) is 9.89. The molecule has 110 valence electrons. The highest BCUT2D eigenvalue weighted by Gasteiger charge is 2.46. The molecule has 4 nitrogen and oxygen atoms in total. The van der Waals surface area contributed by atoms with Gasteiger partial charge in [-0.25, -0.2) is 0 Å². The Morgan fingerprint density at radius 2 is 2.10 bits per heavy atom. The van der Waals surface area contributed by atoms with E-state index in [-0.39, 0.29) is 23.4 Å². The van der Waals surface area contributed by atoms with Crippen LogP contribution in [0.25, 0.3) is 10.9 Å². The topological polar surface area (TPSA) is 68.0 Å². The number of rotatable bonds is 2. The van der Waals surface area contributed by atoms with Crippen molar-refractivity contribution < 1.29 is 4.79 Å². The SMILES string of the molecule is Cc1cc(C(=O)NC2CC(N)C2(C)C)c2ccccc2n1. The van der Waals surface area contributed by atoms with Crippen LogP contribution >= 0.6 is 0 Å². The molecule has 21 heavy (non-hydrogen) atoms. The molecule has 0 bridgehead atoms. The molecule has 1 saturated carbocycles. The van der Waals surface area contributed by atoms with E-state index in [0.29, 0.717) is 5.56 Å². The van der Waals surface area contributed by atoms with Crippen LogP contribution in [-0.4, -0.2) is 23.0 Å². The quantitative estimate of drug-likeness (QED) is 0.889. The highest BCUT2D eigenvalue weighted by molar-refractivity contribution is 6.06. The number of pyridine rings is 1. The molecular weight excluding hydrogens is 262 g/mol. The van der Waals surface area contributed by atoms with Crippen LogP contribution in [0.3, 0.4) is 0 Å². The molecule has 0 saturated heterocycles. The molecule has 1 aromatic heterocycles. The predicted molar refractivity (Wildman–Crippen MR) is 84.1 cm³/mol. The van der Waals surface area contributed by atoms with E-state index in [1.807, 2.05) is 37.3 Å². The second kappa shape index (κ2) is 4.81. The number of carbonyl (C=O) groups excluding carboxylic acids is 1. The average molecular weight is 283 g/mol. The lowest BCUT2D eigenvalue weighted by Crippen LogP contribution is -2.64. The minimum Gasteiger partial charge on any atom is -0.349 e. The number of nitrogens with two attached hydrogens (primary N) is 1. The third-order valence-electron chi connectivity index (χ3n) is 4.74. The largest absolute Gasteiger partial charge is 0.349 e. The lowest BCUT2D eigenvalue weighted by Gasteiger charge is -2.50. The Hall–Kier alpha value is -1.94. The molecule has 2 aromatic rings. The van der Waals surface area contributed by atoms with Gasteiger partial charge in [0, 0.05) is 28.6 Å². The van der Waals surface area contributed by atoms with Crippen molar-refractivity contribution >= 4 is 16.8 Å². The Balaban J connectivity index is 1.92. The maximum atomic E-state index is 12.6. The van der Waals surface area contributed by atoms with Gasteiger partial charge in [0.2, 0.25) is 0 Å². The smallest absolute Gasteiger partial charge is 0.252 e. The zero-order valence-electron chi connectivity index (χ0n) is 12.7. The van der Waals surface area contributed by atoms with Crippen molar-refractivity contribution in [3.63, 3.8) is 0 Å². The number of aryl methyl sites for hydroxylation is 1. The number of amides is 1. The van der Waals surface area contributed by atoms with Crippen molar-refractivity contribution in [2.45, 2.75) is 39.3 Å². The summed E-state index contributed by atoms with van der Waals surface area (Å²) in [6, 6.07) is 9.87. The van der Waals surface area contributed by atoms with Crippen molar-refractivity contribution in [3.8, 4) is 0 Å². The number of benzene rings is 1. The summed E-state index contributed by atoms with van der Waals surface area (Å²) in [6.07, 6.45) is 0.834. The van der Waals surface area contributed by atoms with Gasteiger partial charge >= 0.3 is 0 Å². The van der Waals surface area contributed by atoms with Crippen molar-refractivity contribution in [1.82, 2.24) is 10.3 Å². The number of nitrogens with one attached hydrogen (secondary N) is 1. The Kier molecular flexibility index (Phi) is 3.21. The third-order valence-corrected chi connectivity index (χ3v) is 4.74. The van der Waals surface area contributed by atoms with E-state index < -0.39 is 0 Å². The normalized spacial score (nSPS) is 23.6. The third kappa shape index (κ3) is 2.29. The van der Waals surface area contributed by atoms with E-state index in [0.717, 1.165) is 23.0 Å². The van der Waals surface area contributed by atoms with Gasteiger partial charge in [-0.3, -0.25) is 9.78 Å². The van der Waals surface area contributed by atoms with Crippen LogP contribution in [0.2, 0.25) is 0 Å². The maximum Gasteiger partial charge on any atom is 0.252 e. The molecule has 2 atom stereocenters. The molecule has 4 heteroatoms. The van der Waals surface area contributed by atoms with Crippen LogP contribution in [0.5, 0.6) is 0 Å². The first-order valence-electron chi connectivity index (χ1n) is 7.32. The van der Waals surface area contributed by atoms with Crippen LogP contribution in [0.4, 0.5) is 0 Å². The van der Waals surface area contributed by atoms with Gasteiger partial charge in [-0.1, -0.05) is 32.0 Å². The van der Waals surface area contributed by atoms with Crippen LogP contribution in [-0.2, 0) is 0 Å². The van der Waals surface area contributed by atoms with Gasteiger partial charge in [0.15, 0.2) is 0 Å². The minimum atomic E-state index is -0.0481. The van der Waals surface area contributed by atoms with Crippen molar-refractivity contribution in [2.75, 3.05) is 0 Å². The summed E-state index contributed by atoms with van der Waals surface area (Å²) in [4.78, 5) is 17.1. The van der Waals surface area contributed by atoms with Gasteiger partial charge in [0.05, 0.1) is 11.1 Å². The molecule has 2 unspecified atom stereocenters. The first kappa shape index (κ1) is 14.0. The number of nitrogens with zero attached hydrogens (tertiary/aromatic N) is 1. The van der Waals surface area contributed by atoms with Gasteiger partial charge in [0.1, 0.15) is 0 Å². The second-order valence-electron chi connectivity index (χ2n) is 6.52. The number of hydrogen-bond acceptors (Lipinski definition) is 3. The van der Waals surface area contributed by atoms with E-state index >= 15 is 0 Å². The summed E-state index contributed by atoms with van der Waals surface area (Å²) in [5.41, 5.74) is 8.36. The number of aromatic nitrogens is 1. The number of para-hydroxylation sites is 1. The molecule has 1 fully saturated rings. The summed E-state index contributed by atoms with van der Waals surface area (Å²) < 4.78 is 0. The molecule has 1 amide bonds. The summed E-state index contributed by atoms with van der Waals surface area (Å²) >= 11 is 0. The van der Waals surface area contributed by atoms with Crippen LogP contribution in [0, 0.1) is 12.3 Å². The highest BCUT2D eigenvalue weighted by atomic mass is 16.1. The number of fused-ring (bicyclic) bond motifs is 1. The van der Waals surface area contributed by atoms with Gasteiger partial charge in [-0.05, 0) is 25.5 Å². The van der Waals surface area contributed by atoms with Crippen LogP contribution < -0.4 is 11.1 Å². The van der Waals surface area contributed by atoms with Crippen molar-refractivity contribution in [3.05, 3.63) is 41.6 Å². The zero-order valence-corrected chi connectivity index (χ0v) is 12.7. The monoisotopic (exact) mass is 283 g/mol. The Labute approximate surface area is 124 Å². The Bertz CT molecular complexity index is 708. The summed E-state index contributed by atoms with van der Waals surface area (Å²) in [7, 11) is 0. The zero-order chi connectivity index (χ0) is 15.2. The maximum absolute atomic E-state index is 12.6. The fourth-order valence-electron chi connectivity index (χ4n) is 2.94. The van der Waals surface area contributed by atoms with Gasteiger partial charge in [-0.15, -0.1) is 0 Å². The summed E-state index contributed by atoms with van der Waals surface area (Å²) in [6.45, 7) is 6.11. The van der Waals surface area contributed by atoms with Crippen LogP contribution in [0.15, 0.2) is 30.3 Å². The van der Waals surface area contributed by atoms with Crippen LogP contribution in [0.1, 0.15) is 36.3 Å². The number of hydrogen-bond donors (Lipinski definition) is 2. The van der Waals surface area contributed by atoms with E-state index in [4.69, 9.17) is 5.73 Å². The van der Waals surface area contributed by atoms with Gasteiger partial charge in [-0.2, -0.15) is 0 Å². The Morgan fingerprint density at radius 1 is 1.38 bits per heavy atom. The molecule has 1 aliphatic rings. The second-order valence-corrected chi connectivity index (χ2v) is 6.52. The van der Waals surface area contributed by atoms with E-state index in [2.05, 4.69) is 24.1 Å².